The van der Waals surface area contributed by atoms with Crippen molar-refractivity contribution in [3.63, 3.8) is 0 Å². The molecule has 0 bridgehead atoms. The topological polar surface area (TPSA) is 72.6 Å². The summed E-state index contributed by atoms with van der Waals surface area (Å²) in [5.74, 6) is -0.0347. The van der Waals surface area contributed by atoms with Crippen LogP contribution in [-0.2, 0) is 0 Å². The summed E-state index contributed by atoms with van der Waals surface area (Å²) in [4.78, 5) is 11.4. The van der Waals surface area contributed by atoms with Crippen LogP contribution < -0.4 is 4.74 Å². The van der Waals surface area contributed by atoms with Gasteiger partial charge in [-0.3, -0.25) is 0 Å². The first-order chi connectivity index (χ1) is 10.1. The summed E-state index contributed by atoms with van der Waals surface area (Å²) in [5.41, 5.74) is 1.13. The summed E-state index contributed by atoms with van der Waals surface area (Å²) in [7, 11) is 1.60. The van der Waals surface area contributed by atoms with E-state index in [4.69, 9.17) is 9.26 Å². The van der Waals surface area contributed by atoms with E-state index in [9.17, 15) is 9.90 Å². The van der Waals surface area contributed by atoms with Crippen LogP contribution in [0.25, 0.3) is 22.0 Å². The van der Waals surface area contributed by atoms with Gasteiger partial charge in [-0.05, 0) is 24.4 Å². The molecule has 0 fully saturated rings. The molecule has 0 spiro atoms. The SMILES string of the molecule is COc1ccc(-c2noc(C)c2C(=O)O)c2ccccc12. The Kier molecular flexibility index (Phi) is 3.10. The number of rotatable bonds is 3. The number of aromatic nitrogens is 1. The minimum absolute atomic E-state index is 0.0883. The van der Waals surface area contributed by atoms with E-state index in [0.29, 0.717) is 11.3 Å². The van der Waals surface area contributed by atoms with Crippen LogP contribution in [-0.4, -0.2) is 23.3 Å². The maximum Gasteiger partial charge on any atom is 0.341 e. The Morgan fingerprint density at radius 1 is 1.19 bits per heavy atom. The van der Waals surface area contributed by atoms with Gasteiger partial charge >= 0.3 is 5.97 Å². The normalized spacial score (nSPS) is 10.8. The molecule has 0 radical (unpaired) electrons. The maximum atomic E-state index is 11.4. The largest absolute Gasteiger partial charge is 0.496 e. The fourth-order valence-corrected chi connectivity index (χ4v) is 2.46. The molecule has 3 aromatic rings. The third-order valence-corrected chi connectivity index (χ3v) is 3.44. The average Bonchev–Trinajstić information content (AvgIpc) is 2.87. The van der Waals surface area contributed by atoms with Crippen molar-refractivity contribution in [2.45, 2.75) is 6.92 Å². The van der Waals surface area contributed by atoms with E-state index in [0.717, 1.165) is 16.5 Å². The quantitative estimate of drug-likeness (QED) is 0.796. The molecule has 106 valence electrons. The molecule has 21 heavy (non-hydrogen) atoms. The molecule has 1 heterocycles. The second kappa shape index (κ2) is 4.94. The smallest absolute Gasteiger partial charge is 0.341 e. The number of carbonyl (C=O) groups is 1. The van der Waals surface area contributed by atoms with E-state index in [2.05, 4.69) is 5.16 Å². The van der Waals surface area contributed by atoms with Gasteiger partial charge in [0.25, 0.3) is 0 Å². The lowest BCUT2D eigenvalue weighted by molar-refractivity contribution is 0.0696. The zero-order valence-corrected chi connectivity index (χ0v) is 11.6. The van der Waals surface area contributed by atoms with E-state index >= 15 is 0 Å². The number of hydrogen-bond donors (Lipinski definition) is 1. The van der Waals surface area contributed by atoms with Crippen LogP contribution in [0.15, 0.2) is 40.9 Å². The Balaban J connectivity index is 2.34. The van der Waals surface area contributed by atoms with E-state index in [1.54, 1.807) is 26.2 Å². The fraction of sp³-hybridized carbons (Fsp3) is 0.125. The number of aromatic carboxylic acids is 1. The molecule has 2 aromatic carbocycles. The molecule has 1 N–H and O–H groups in total. The highest BCUT2D eigenvalue weighted by atomic mass is 16.5. The molecule has 0 unspecified atom stereocenters. The second-order valence-corrected chi connectivity index (χ2v) is 4.63. The minimum Gasteiger partial charge on any atom is -0.496 e. The first-order valence-corrected chi connectivity index (χ1v) is 6.39. The van der Waals surface area contributed by atoms with Gasteiger partial charge in [0.05, 0.1) is 7.11 Å². The zero-order valence-electron chi connectivity index (χ0n) is 11.6. The van der Waals surface area contributed by atoms with Crippen molar-refractivity contribution in [1.29, 1.82) is 0 Å². The standard InChI is InChI=1S/C16H13NO4/c1-9-14(16(18)19)15(17-21-9)12-7-8-13(20-2)11-6-4-3-5-10(11)12/h3-8H,1-2H3,(H,18,19). The third-order valence-electron chi connectivity index (χ3n) is 3.44. The van der Waals surface area contributed by atoms with Crippen LogP contribution in [0.1, 0.15) is 16.1 Å². The number of aryl methyl sites for hydroxylation is 1. The van der Waals surface area contributed by atoms with Crippen LogP contribution in [0.4, 0.5) is 0 Å². The van der Waals surface area contributed by atoms with E-state index in [1.807, 2.05) is 24.3 Å². The van der Waals surface area contributed by atoms with Gasteiger partial charge in [0.1, 0.15) is 22.8 Å². The molecule has 0 atom stereocenters. The van der Waals surface area contributed by atoms with Gasteiger partial charge < -0.3 is 14.4 Å². The summed E-state index contributed by atoms with van der Waals surface area (Å²) in [6.07, 6.45) is 0. The molecule has 0 amide bonds. The Hall–Kier alpha value is -2.82. The fourth-order valence-electron chi connectivity index (χ4n) is 2.46. The summed E-state index contributed by atoms with van der Waals surface area (Å²) in [6.45, 7) is 1.59. The number of carboxylic acid groups (broad SMARTS) is 1. The number of hydrogen-bond acceptors (Lipinski definition) is 4. The van der Waals surface area contributed by atoms with E-state index in [-0.39, 0.29) is 11.3 Å². The van der Waals surface area contributed by atoms with Gasteiger partial charge in [0, 0.05) is 10.9 Å². The van der Waals surface area contributed by atoms with Gasteiger partial charge in [0.15, 0.2) is 0 Å². The lowest BCUT2D eigenvalue weighted by Gasteiger charge is -2.09. The lowest BCUT2D eigenvalue weighted by Crippen LogP contribution is -1.99. The summed E-state index contributed by atoms with van der Waals surface area (Å²) < 4.78 is 10.4. The average molecular weight is 283 g/mol. The maximum absolute atomic E-state index is 11.4. The van der Waals surface area contributed by atoms with Crippen LogP contribution in [0.3, 0.4) is 0 Å². The predicted octanol–water partition coefficient (Wildman–Crippen LogP) is 3.51. The monoisotopic (exact) mass is 283 g/mol. The first kappa shape index (κ1) is 13.2. The van der Waals surface area contributed by atoms with Crippen LogP contribution >= 0.6 is 0 Å². The molecule has 5 nitrogen and oxygen atoms in total. The van der Waals surface area contributed by atoms with Gasteiger partial charge in [-0.1, -0.05) is 29.4 Å². The number of benzene rings is 2. The van der Waals surface area contributed by atoms with Crippen molar-refractivity contribution in [3.8, 4) is 17.0 Å². The van der Waals surface area contributed by atoms with Crippen molar-refractivity contribution in [2.24, 2.45) is 0 Å². The Morgan fingerprint density at radius 2 is 1.90 bits per heavy atom. The van der Waals surface area contributed by atoms with Crippen molar-refractivity contribution < 1.29 is 19.2 Å². The predicted molar refractivity (Wildman–Crippen MR) is 77.7 cm³/mol. The van der Waals surface area contributed by atoms with Crippen molar-refractivity contribution >= 4 is 16.7 Å². The van der Waals surface area contributed by atoms with Crippen LogP contribution in [0.5, 0.6) is 5.75 Å². The molecule has 0 saturated carbocycles. The van der Waals surface area contributed by atoms with Gasteiger partial charge in [-0.25, -0.2) is 4.79 Å². The third kappa shape index (κ3) is 2.03. The lowest BCUT2D eigenvalue weighted by atomic mass is 9.98. The number of methoxy groups -OCH3 is 1. The van der Waals surface area contributed by atoms with Crippen LogP contribution in [0, 0.1) is 6.92 Å². The first-order valence-electron chi connectivity index (χ1n) is 6.39. The Labute approximate surface area is 120 Å². The van der Waals surface area contributed by atoms with Gasteiger partial charge in [-0.2, -0.15) is 0 Å². The highest BCUT2D eigenvalue weighted by Gasteiger charge is 2.22. The highest BCUT2D eigenvalue weighted by Crippen LogP contribution is 2.35. The van der Waals surface area contributed by atoms with Gasteiger partial charge in [-0.15, -0.1) is 0 Å². The molecular formula is C16H13NO4. The van der Waals surface area contributed by atoms with Crippen molar-refractivity contribution in [2.75, 3.05) is 7.11 Å². The highest BCUT2D eigenvalue weighted by molar-refractivity contribution is 6.04. The van der Waals surface area contributed by atoms with Crippen molar-refractivity contribution in [3.05, 3.63) is 47.7 Å². The molecule has 0 saturated heterocycles. The van der Waals surface area contributed by atoms with Crippen LogP contribution in [0.2, 0.25) is 0 Å². The summed E-state index contributed by atoms with van der Waals surface area (Å²) in [5, 5.41) is 15.0. The molecule has 1 aromatic heterocycles. The molecular weight excluding hydrogens is 270 g/mol. The Bertz CT molecular complexity index is 835. The summed E-state index contributed by atoms with van der Waals surface area (Å²) >= 11 is 0. The molecule has 5 heteroatoms. The number of nitrogens with zero attached hydrogens (tertiary/aromatic N) is 1. The number of ether oxygens (including phenoxy) is 1. The van der Waals surface area contributed by atoms with Gasteiger partial charge in [0.2, 0.25) is 0 Å². The van der Waals surface area contributed by atoms with E-state index in [1.165, 1.54) is 0 Å². The number of carboxylic acids is 1. The minimum atomic E-state index is -1.05. The molecule has 0 aliphatic carbocycles. The zero-order chi connectivity index (χ0) is 15.0. The van der Waals surface area contributed by atoms with Crippen molar-refractivity contribution in [1.82, 2.24) is 5.16 Å². The summed E-state index contributed by atoms with van der Waals surface area (Å²) in [6, 6.07) is 11.2. The number of fused-ring (bicyclic) bond motifs is 1. The second-order valence-electron chi connectivity index (χ2n) is 4.63. The molecule has 0 aliphatic heterocycles. The molecule has 3 rings (SSSR count). The Morgan fingerprint density at radius 3 is 2.57 bits per heavy atom. The molecule has 0 aliphatic rings. The van der Waals surface area contributed by atoms with E-state index < -0.39 is 5.97 Å².